The van der Waals surface area contributed by atoms with Crippen LogP contribution in [-0.4, -0.2) is 22.9 Å². The second-order valence-electron chi connectivity index (χ2n) is 3.12. The molecule has 0 aliphatic rings. The predicted molar refractivity (Wildman–Crippen MR) is 63.8 cm³/mol. The second kappa shape index (κ2) is 6.41. The Morgan fingerprint density at radius 3 is 2.22 bits per heavy atom. The molecule has 0 aromatic heterocycles. The van der Waals surface area contributed by atoms with E-state index in [1.807, 2.05) is 5.43 Å². The van der Waals surface area contributed by atoms with Crippen LogP contribution in [0.1, 0.15) is 10.4 Å². The van der Waals surface area contributed by atoms with Crippen molar-refractivity contribution in [2.24, 2.45) is 0 Å². The molecule has 1 aromatic carbocycles. The van der Waals surface area contributed by atoms with E-state index in [9.17, 15) is 14.4 Å². The molecule has 0 radical (unpaired) electrons. The number of hydrazine groups is 1. The Kier molecular flexibility index (Phi) is 4.89. The summed E-state index contributed by atoms with van der Waals surface area (Å²) in [6, 6.07) is 6.03. The molecule has 0 aliphatic heterocycles. The van der Waals surface area contributed by atoms with E-state index in [4.69, 9.17) is 16.7 Å². The van der Waals surface area contributed by atoms with E-state index in [-0.39, 0.29) is 0 Å². The topological polar surface area (TPSA) is 95.5 Å². The lowest BCUT2D eigenvalue weighted by Gasteiger charge is -2.04. The van der Waals surface area contributed by atoms with E-state index in [0.29, 0.717) is 16.7 Å². The van der Waals surface area contributed by atoms with Crippen LogP contribution in [0.15, 0.2) is 36.4 Å². The first-order chi connectivity index (χ1) is 8.49. The standard InChI is InChI=1S/C11H9ClN2O4/c12-8-3-1-7(2-4-8)11(18)14-13-9(15)5-6-10(16)17/h1-6H,(H,13,15)(H,14,18)(H,16,17). The zero-order valence-corrected chi connectivity index (χ0v) is 9.77. The number of rotatable bonds is 3. The van der Waals surface area contributed by atoms with Gasteiger partial charge in [0, 0.05) is 22.7 Å². The number of aliphatic carboxylic acids is 1. The van der Waals surface area contributed by atoms with Crippen molar-refractivity contribution in [1.29, 1.82) is 0 Å². The SMILES string of the molecule is O=C(O)C=CC(=O)NNC(=O)c1ccc(Cl)cc1. The molecule has 2 amide bonds. The van der Waals surface area contributed by atoms with Crippen molar-refractivity contribution < 1.29 is 19.5 Å². The highest BCUT2D eigenvalue weighted by atomic mass is 35.5. The van der Waals surface area contributed by atoms with E-state index >= 15 is 0 Å². The maximum atomic E-state index is 11.5. The average molecular weight is 269 g/mol. The molecule has 0 unspecified atom stereocenters. The lowest BCUT2D eigenvalue weighted by molar-refractivity contribution is -0.131. The monoisotopic (exact) mass is 268 g/mol. The van der Waals surface area contributed by atoms with Crippen molar-refractivity contribution >= 4 is 29.4 Å². The van der Waals surface area contributed by atoms with Crippen LogP contribution in [0.5, 0.6) is 0 Å². The van der Waals surface area contributed by atoms with Crippen LogP contribution < -0.4 is 10.9 Å². The third kappa shape index (κ3) is 4.67. The minimum absolute atomic E-state index is 0.307. The molecule has 7 heteroatoms. The van der Waals surface area contributed by atoms with Gasteiger partial charge in [0.15, 0.2) is 0 Å². The maximum Gasteiger partial charge on any atom is 0.328 e. The Morgan fingerprint density at radius 1 is 1.06 bits per heavy atom. The summed E-state index contributed by atoms with van der Waals surface area (Å²) in [5, 5.41) is 8.76. The van der Waals surface area contributed by atoms with Crippen molar-refractivity contribution in [3.63, 3.8) is 0 Å². The summed E-state index contributed by atoms with van der Waals surface area (Å²) in [7, 11) is 0. The minimum atomic E-state index is -1.26. The predicted octanol–water partition coefficient (Wildman–Crippen LogP) is 0.742. The number of carboxylic acid groups (broad SMARTS) is 1. The summed E-state index contributed by atoms with van der Waals surface area (Å²) in [6.45, 7) is 0. The molecule has 6 nitrogen and oxygen atoms in total. The molecular weight excluding hydrogens is 260 g/mol. The summed E-state index contributed by atoms with van der Waals surface area (Å²) >= 11 is 5.65. The number of benzene rings is 1. The first kappa shape index (κ1) is 13.7. The molecule has 0 aliphatic carbocycles. The van der Waals surface area contributed by atoms with E-state index in [0.717, 1.165) is 6.08 Å². The fraction of sp³-hybridized carbons (Fsp3) is 0. The van der Waals surface area contributed by atoms with Gasteiger partial charge in [0.2, 0.25) is 0 Å². The number of hydrogen-bond acceptors (Lipinski definition) is 3. The van der Waals surface area contributed by atoms with E-state index in [1.54, 1.807) is 0 Å². The van der Waals surface area contributed by atoms with Gasteiger partial charge in [-0.15, -0.1) is 0 Å². The minimum Gasteiger partial charge on any atom is -0.478 e. The Labute approximate surface area is 107 Å². The largest absolute Gasteiger partial charge is 0.478 e. The molecule has 0 spiro atoms. The molecule has 3 N–H and O–H groups in total. The summed E-state index contributed by atoms with van der Waals surface area (Å²) < 4.78 is 0. The molecule has 0 heterocycles. The number of carboxylic acids is 1. The fourth-order valence-corrected chi connectivity index (χ4v) is 1.11. The molecular formula is C11H9ClN2O4. The maximum absolute atomic E-state index is 11.5. The molecule has 94 valence electrons. The normalized spacial score (nSPS) is 10.1. The molecule has 1 aromatic rings. The van der Waals surface area contributed by atoms with Gasteiger partial charge in [-0.05, 0) is 24.3 Å². The average Bonchev–Trinajstić information content (AvgIpc) is 2.34. The third-order valence-electron chi connectivity index (χ3n) is 1.78. The highest BCUT2D eigenvalue weighted by molar-refractivity contribution is 6.30. The Balaban J connectivity index is 2.49. The Bertz CT molecular complexity index is 496. The number of carbonyl (C=O) groups is 3. The summed E-state index contributed by atoms with van der Waals surface area (Å²) in [5.74, 6) is -2.54. The molecule has 0 saturated heterocycles. The molecule has 0 atom stereocenters. The van der Waals surface area contributed by atoms with Crippen LogP contribution >= 0.6 is 11.6 Å². The van der Waals surface area contributed by atoms with Gasteiger partial charge in [-0.3, -0.25) is 20.4 Å². The third-order valence-corrected chi connectivity index (χ3v) is 2.03. The van der Waals surface area contributed by atoms with Crippen LogP contribution in [-0.2, 0) is 9.59 Å². The van der Waals surface area contributed by atoms with Crippen LogP contribution in [0.25, 0.3) is 0 Å². The van der Waals surface area contributed by atoms with Gasteiger partial charge in [0.05, 0.1) is 0 Å². The van der Waals surface area contributed by atoms with Crippen molar-refractivity contribution in [3.05, 3.63) is 47.0 Å². The zero-order valence-electron chi connectivity index (χ0n) is 9.01. The smallest absolute Gasteiger partial charge is 0.328 e. The van der Waals surface area contributed by atoms with Crippen molar-refractivity contribution in [2.75, 3.05) is 0 Å². The summed E-state index contributed by atoms with van der Waals surface area (Å²) in [5.41, 5.74) is 4.45. The van der Waals surface area contributed by atoms with E-state index in [1.165, 1.54) is 24.3 Å². The number of carbonyl (C=O) groups excluding carboxylic acids is 2. The molecule has 1 rings (SSSR count). The lowest BCUT2D eigenvalue weighted by atomic mass is 10.2. The number of amides is 2. The van der Waals surface area contributed by atoms with Crippen LogP contribution in [0.4, 0.5) is 0 Å². The fourth-order valence-electron chi connectivity index (χ4n) is 0.980. The van der Waals surface area contributed by atoms with Gasteiger partial charge in [-0.1, -0.05) is 11.6 Å². The second-order valence-corrected chi connectivity index (χ2v) is 3.56. The zero-order chi connectivity index (χ0) is 13.5. The van der Waals surface area contributed by atoms with E-state index in [2.05, 4.69) is 5.43 Å². The van der Waals surface area contributed by atoms with Crippen molar-refractivity contribution in [3.8, 4) is 0 Å². The quantitative estimate of drug-likeness (QED) is 0.557. The summed E-state index contributed by atoms with van der Waals surface area (Å²) in [4.78, 5) is 32.7. The first-order valence-electron chi connectivity index (χ1n) is 4.76. The van der Waals surface area contributed by atoms with Gasteiger partial charge in [-0.2, -0.15) is 0 Å². The summed E-state index contributed by atoms with van der Waals surface area (Å²) in [6.07, 6.45) is 1.44. The Morgan fingerprint density at radius 2 is 1.67 bits per heavy atom. The van der Waals surface area contributed by atoms with Crippen molar-refractivity contribution in [1.82, 2.24) is 10.9 Å². The van der Waals surface area contributed by atoms with Gasteiger partial charge in [0.25, 0.3) is 11.8 Å². The molecule has 0 saturated carbocycles. The number of halogens is 1. The van der Waals surface area contributed by atoms with Gasteiger partial charge >= 0.3 is 5.97 Å². The number of nitrogens with one attached hydrogen (secondary N) is 2. The van der Waals surface area contributed by atoms with Crippen LogP contribution in [0, 0.1) is 0 Å². The highest BCUT2D eigenvalue weighted by Gasteiger charge is 2.05. The van der Waals surface area contributed by atoms with Crippen LogP contribution in [0.2, 0.25) is 5.02 Å². The Hall–Kier alpha value is -2.34. The van der Waals surface area contributed by atoms with Gasteiger partial charge < -0.3 is 5.11 Å². The number of hydrogen-bond donors (Lipinski definition) is 3. The highest BCUT2D eigenvalue weighted by Crippen LogP contribution is 2.08. The van der Waals surface area contributed by atoms with Gasteiger partial charge in [-0.25, -0.2) is 4.79 Å². The van der Waals surface area contributed by atoms with Gasteiger partial charge in [0.1, 0.15) is 0 Å². The molecule has 0 bridgehead atoms. The molecule has 0 fully saturated rings. The lowest BCUT2D eigenvalue weighted by Crippen LogP contribution is -2.40. The molecule has 18 heavy (non-hydrogen) atoms. The van der Waals surface area contributed by atoms with Crippen LogP contribution in [0.3, 0.4) is 0 Å². The first-order valence-corrected chi connectivity index (χ1v) is 5.13. The van der Waals surface area contributed by atoms with Crippen molar-refractivity contribution in [2.45, 2.75) is 0 Å². The van der Waals surface area contributed by atoms with E-state index < -0.39 is 17.8 Å².